The number of rotatable bonds is 5. The number of nitrogens with one attached hydrogen (secondary N) is 2. The number of aromatic nitrogens is 3. The van der Waals surface area contributed by atoms with Crippen molar-refractivity contribution in [2.24, 2.45) is 7.05 Å². The van der Waals surface area contributed by atoms with E-state index in [0.717, 1.165) is 22.3 Å². The molecule has 0 aliphatic heterocycles. The molecule has 4 rings (SSSR count). The summed E-state index contributed by atoms with van der Waals surface area (Å²) in [4.78, 5) is 30.1. The highest BCUT2D eigenvalue weighted by Crippen LogP contribution is 2.23. The van der Waals surface area contributed by atoms with Crippen molar-refractivity contribution >= 4 is 28.5 Å². The number of carbonyl (C=O) groups excluding carboxylic acids is 2. The molecule has 0 aliphatic rings. The molecule has 2 amide bonds. The van der Waals surface area contributed by atoms with E-state index in [-0.39, 0.29) is 17.9 Å². The lowest BCUT2D eigenvalue weighted by Gasteiger charge is -2.16. The average molecular weight is 428 g/mol. The van der Waals surface area contributed by atoms with Crippen molar-refractivity contribution in [3.63, 3.8) is 0 Å². The SMILES string of the molecule is Cc1cc(C(=O)NC(C)c2cccc(NC(=O)c3ccccc3)c2)c2c(C)nn(C)c2n1. The first-order valence-corrected chi connectivity index (χ1v) is 10.4. The molecular weight excluding hydrogens is 402 g/mol. The molecule has 0 fully saturated rings. The lowest BCUT2D eigenvalue weighted by Crippen LogP contribution is -2.27. The Morgan fingerprint density at radius 3 is 2.47 bits per heavy atom. The molecule has 7 nitrogen and oxygen atoms in total. The highest BCUT2D eigenvalue weighted by Gasteiger charge is 2.19. The van der Waals surface area contributed by atoms with E-state index in [2.05, 4.69) is 20.7 Å². The van der Waals surface area contributed by atoms with Gasteiger partial charge in [0.1, 0.15) is 0 Å². The molecule has 1 atom stereocenters. The molecule has 0 saturated heterocycles. The van der Waals surface area contributed by atoms with Crippen molar-refractivity contribution in [1.29, 1.82) is 0 Å². The first-order valence-electron chi connectivity index (χ1n) is 10.4. The van der Waals surface area contributed by atoms with Crippen LogP contribution in [0, 0.1) is 13.8 Å². The van der Waals surface area contributed by atoms with Crippen LogP contribution in [0.3, 0.4) is 0 Å². The molecule has 0 spiro atoms. The first kappa shape index (κ1) is 21.2. The van der Waals surface area contributed by atoms with Gasteiger partial charge in [0.2, 0.25) is 0 Å². The van der Waals surface area contributed by atoms with Gasteiger partial charge < -0.3 is 10.6 Å². The van der Waals surface area contributed by atoms with E-state index in [1.165, 1.54) is 0 Å². The maximum Gasteiger partial charge on any atom is 0.255 e. The van der Waals surface area contributed by atoms with Crippen molar-refractivity contribution in [3.8, 4) is 0 Å². The minimum absolute atomic E-state index is 0.179. The zero-order valence-corrected chi connectivity index (χ0v) is 18.5. The van der Waals surface area contributed by atoms with Crippen molar-refractivity contribution in [2.45, 2.75) is 26.8 Å². The summed E-state index contributed by atoms with van der Waals surface area (Å²) in [6, 6.07) is 18.0. The van der Waals surface area contributed by atoms with Gasteiger partial charge >= 0.3 is 0 Å². The fraction of sp³-hybridized carbons (Fsp3) is 0.200. The Bertz CT molecular complexity index is 1310. The zero-order valence-electron chi connectivity index (χ0n) is 18.5. The van der Waals surface area contributed by atoms with Crippen LogP contribution in [0.4, 0.5) is 5.69 Å². The van der Waals surface area contributed by atoms with E-state index < -0.39 is 0 Å². The van der Waals surface area contributed by atoms with Crippen molar-refractivity contribution in [2.75, 3.05) is 5.32 Å². The zero-order chi connectivity index (χ0) is 22.8. The number of nitrogens with zero attached hydrogens (tertiary/aromatic N) is 3. The number of pyridine rings is 1. The van der Waals surface area contributed by atoms with Gasteiger partial charge in [0.15, 0.2) is 5.65 Å². The Morgan fingerprint density at radius 1 is 0.969 bits per heavy atom. The largest absolute Gasteiger partial charge is 0.345 e. The Kier molecular flexibility index (Phi) is 5.73. The molecular formula is C25H25N5O2. The van der Waals surface area contributed by atoms with Gasteiger partial charge in [-0.2, -0.15) is 5.10 Å². The van der Waals surface area contributed by atoms with Gasteiger partial charge in [-0.3, -0.25) is 14.3 Å². The van der Waals surface area contributed by atoms with Crippen LogP contribution in [0.2, 0.25) is 0 Å². The lowest BCUT2D eigenvalue weighted by molar-refractivity contribution is 0.0940. The maximum absolute atomic E-state index is 13.2. The van der Waals surface area contributed by atoms with E-state index in [9.17, 15) is 9.59 Å². The normalized spacial score (nSPS) is 11.9. The summed E-state index contributed by atoms with van der Waals surface area (Å²) in [6.45, 7) is 5.65. The Labute approximate surface area is 186 Å². The van der Waals surface area contributed by atoms with Gasteiger partial charge in [-0.15, -0.1) is 0 Å². The summed E-state index contributed by atoms with van der Waals surface area (Å²) >= 11 is 0. The highest BCUT2D eigenvalue weighted by atomic mass is 16.2. The monoisotopic (exact) mass is 427 g/mol. The van der Waals surface area contributed by atoms with Gasteiger partial charge in [0, 0.05) is 24.0 Å². The van der Waals surface area contributed by atoms with Crippen LogP contribution < -0.4 is 10.6 Å². The lowest BCUT2D eigenvalue weighted by atomic mass is 10.1. The van der Waals surface area contributed by atoms with E-state index in [4.69, 9.17) is 0 Å². The van der Waals surface area contributed by atoms with Crippen molar-refractivity contribution in [3.05, 3.63) is 88.7 Å². The van der Waals surface area contributed by atoms with Crippen LogP contribution in [0.25, 0.3) is 11.0 Å². The first-order chi connectivity index (χ1) is 15.3. The predicted octanol–water partition coefficient (Wildman–Crippen LogP) is 4.33. The molecule has 32 heavy (non-hydrogen) atoms. The third-order valence-electron chi connectivity index (χ3n) is 5.37. The van der Waals surface area contributed by atoms with E-state index in [0.29, 0.717) is 22.5 Å². The number of carbonyl (C=O) groups is 2. The molecule has 0 radical (unpaired) electrons. The Morgan fingerprint density at radius 2 is 1.72 bits per heavy atom. The number of anilines is 1. The third-order valence-corrected chi connectivity index (χ3v) is 5.37. The molecule has 0 bridgehead atoms. The molecule has 1 unspecified atom stereocenters. The number of hydrogen-bond acceptors (Lipinski definition) is 4. The average Bonchev–Trinajstić information content (AvgIpc) is 3.07. The van der Waals surface area contributed by atoms with Crippen LogP contribution in [0.15, 0.2) is 60.7 Å². The second-order valence-corrected chi connectivity index (χ2v) is 7.86. The summed E-state index contributed by atoms with van der Waals surface area (Å²) in [6.07, 6.45) is 0. The van der Waals surface area contributed by atoms with Crippen molar-refractivity contribution < 1.29 is 9.59 Å². The quantitative estimate of drug-likeness (QED) is 0.496. The molecule has 162 valence electrons. The summed E-state index contributed by atoms with van der Waals surface area (Å²) in [5.41, 5.74) is 4.90. The van der Waals surface area contributed by atoms with Crippen LogP contribution in [0.1, 0.15) is 50.6 Å². The number of benzene rings is 2. The number of aryl methyl sites for hydroxylation is 3. The summed E-state index contributed by atoms with van der Waals surface area (Å²) in [7, 11) is 1.82. The van der Waals surface area contributed by atoms with E-state index >= 15 is 0 Å². The summed E-state index contributed by atoms with van der Waals surface area (Å²) in [5.74, 6) is -0.371. The van der Waals surface area contributed by atoms with Crippen LogP contribution in [-0.2, 0) is 7.05 Å². The topological polar surface area (TPSA) is 88.9 Å². The van der Waals surface area contributed by atoms with Gasteiger partial charge in [0.25, 0.3) is 11.8 Å². The van der Waals surface area contributed by atoms with E-state index in [1.807, 2.05) is 70.3 Å². The fourth-order valence-corrected chi connectivity index (χ4v) is 3.79. The fourth-order valence-electron chi connectivity index (χ4n) is 3.79. The molecule has 2 N–H and O–H groups in total. The molecule has 2 aromatic heterocycles. The predicted molar refractivity (Wildman–Crippen MR) is 125 cm³/mol. The van der Waals surface area contributed by atoms with Crippen LogP contribution in [-0.4, -0.2) is 26.6 Å². The molecule has 0 aliphatic carbocycles. The Balaban J connectivity index is 1.54. The minimum atomic E-state index is -0.267. The standard InChI is InChI=1S/C25H25N5O2/c1-15-13-21(22-17(3)29-30(4)23(22)26-15)25(32)27-16(2)19-11-8-12-20(14-19)28-24(31)18-9-6-5-7-10-18/h5-14,16H,1-4H3,(H,27,32)(H,28,31). The third kappa shape index (κ3) is 4.23. The van der Waals surface area contributed by atoms with E-state index in [1.54, 1.807) is 22.9 Å². The van der Waals surface area contributed by atoms with Gasteiger partial charge in [0.05, 0.1) is 22.7 Å². The number of amides is 2. The Hall–Kier alpha value is -4.00. The minimum Gasteiger partial charge on any atom is -0.345 e. The summed E-state index contributed by atoms with van der Waals surface area (Å²) in [5, 5.41) is 11.1. The van der Waals surface area contributed by atoms with Crippen LogP contribution >= 0.6 is 0 Å². The second kappa shape index (κ2) is 8.63. The smallest absolute Gasteiger partial charge is 0.255 e. The second-order valence-electron chi connectivity index (χ2n) is 7.86. The van der Waals surface area contributed by atoms with Gasteiger partial charge in [-0.05, 0) is 56.7 Å². The maximum atomic E-state index is 13.2. The molecule has 2 aromatic carbocycles. The van der Waals surface area contributed by atoms with Gasteiger partial charge in [-0.25, -0.2) is 4.98 Å². The van der Waals surface area contributed by atoms with Crippen LogP contribution in [0.5, 0.6) is 0 Å². The number of hydrogen-bond donors (Lipinski definition) is 2. The van der Waals surface area contributed by atoms with Crippen molar-refractivity contribution in [1.82, 2.24) is 20.1 Å². The summed E-state index contributed by atoms with van der Waals surface area (Å²) < 4.78 is 1.69. The van der Waals surface area contributed by atoms with Gasteiger partial charge in [-0.1, -0.05) is 30.3 Å². The molecule has 7 heteroatoms. The molecule has 2 heterocycles. The highest BCUT2D eigenvalue weighted by molar-refractivity contribution is 6.07. The molecule has 4 aromatic rings. The number of fused-ring (bicyclic) bond motifs is 1. The molecule has 0 saturated carbocycles.